The van der Waals surface area contributed by atoms with Crippen molar-refractivity contribution in [3.8, 4) is 11.3 Å². The lowest BCUT2D eigenvalue weighted by molar-refractivity contribution is -0.141. The monoisotopic (exact) mass is 587 g/mol. The van der Waals surface area contributed by atoms with Gasteiger partial charge in [-0.2, -0.15) is 18.3 Å². The fraction of sp³-hybridized carbons (Fsp3) is 0.440. The molecule has 0 bridgehead atoms. The number of benzene rings is 1. The number of rotatable bonds is 7. The number of imidazole rings is 1. The normalized spacial score (nSPS) is 14.3. The first-order chi connectivity index (χ1) is 18.0. The number of carbonyl (C=O) groups is 2. The van der Waals surface area contributed by atoms with Gasteiger partial charge in [0.05, 0.1) is 28.0 Å². The molecule has 4 rings (SSSR count). The molecule has 1 fully saturated rings. The number of carbonyl (C=O) groups excluding carboxylic acids is 2. The molecule has 0 saturated carbocycles. The molecule has 1 saturated heterocycles. The Morgan fingerprint density at radius 1 is 1.23 bits per heavy atom. The van der Waals surface area contributed by atoms with Crippen LogP contribution in [0.4, 0.5) is 18.9 Å². The van der Waals surface area contributed by atoms with E-state index in [2.05, 4.69) is 15.4 Å². The number of piperidine rings is 1. The van der Waals surface area contributed by atoms with Gasteiger partial charge in [-0.25, -0.2) is 4.98 Å². The maximum Gasteiger partial charge on any atom is 0.435 e. The molecule has 3 N–H and O–H groups in total. The lowest BCUT2D eigenvalue weighted by atomic mass is 9.93. The van der Waals surface area contributed by atoms with Crippen LogP contribution in [0, 0.1) is 5.92 Å². The molecular weight excluding hydrogens is 558 g/mol. The Balaban J connectivity index is 0.00000420. The fourth-order valence-corrected chi connectivity index (χ4v) is 4.90. The standard InChI is InChI=1S/C25H29ClF3N7O2.ClH/c1-3-36-14-18(21(33-36)25(27,28)29)20-13-31-22(34(20)2)23(37)32-16-4-5-17(19(26)12-16)24(38)35-10-7-15(6-9-30)8-11-35;/h4-5,12-15H,3,6-11,30H2,1-2H3,(H,32,37);1H. The summed E-state index contributed by atoms with van der Waals surface area (Å²) in [6.07, 6.45) is 0.539. The van der Waals surface area contributed by atoms with Gasteiger partial charge in [-0.05, 0) is 56.8 Å². The van der Waals surface area contributed by atoms with Gasteiger partial charge in [-0.3, -0.25) is 14.3 Å². The second-order valence-corrected chi connectivity index (χ2v) is 9.64. The Kier molecular flexibility index (Phi) is 9.68. The van der Waals surface area contributed by atoms with E-state index < -0.39 is 17.8 Å². The molecule has 1 aliphatic heterocycles. The molecule has 3 heterocycles. The van der Waals surface area contributed by atoms with Crippen LogP contribution < -0.4 is 11.1 Å². The van der Waals surface area contributed by atoms with Crippen molar-refractivity contribution in [2.45, 2.75) is 38.9 Å². The van der Waals surface area contributed by atoms with Gasteiger partial charge in [0.2, 0.25) is 0 Å². The van der Waals surface area contributed by atoms with E-state index in [1.54, 1.807) is 24.0 Å². The quantitative estimate of drug-likeness (QED) is 0.410. The largest absolute Gasteiger partial charge is 0.435 e. The fourth-order valence-electron chi connectivity index (χ4n) is 4.64. The van der Waals surface area contributed by atoms with Crippen LogP contribution in [-0.2, 0) is 19.8 Å². The summed E-state index contributed by atoms with van der Waals surface area (Å²) in [6.45, 7) is 3.82. The van der Waals surface area contributed by atoms with Crippen molar-refractivity contribution in [3.05, 3.63) is 52.7 Å². The minimum atomic E-state index is -4.67. The van der Waals surface area contributed by atoms with Crippen molar-refractivity contribution in [1.82, 2.24) is 24.2 Å². The summed E-state index contributed by atoms with van der Waals surface area (Å²) >= 11 is 6.39. The van der Waals surface area contributed by atoms with Crippen LogP contribution in [0.25, 0.3) is 11.3 Å². The van der Waals surface area contributed by atoms with E-state index in [4.69, 9.17) is 17.3 Å². The van der Waals surface area contributed by atoms with Crippen LogP contribution in [0.3, 0.4) is 0 Å². The van der Waals surface area contributed by atoms with Gasteiger partial charge < -0.3 is 20.5 Å². The third-order valence-electron chi connectivity index (χ3n) is 6.76. The second kappa shape index (κ2) is 12.4. The first-order valence-corrected chi connectivity index (χ1v) is 12.7. The third kappa shape index (κ3) is 6.56. The van der Waals surface area contributed by atoms with Crippen LogP contribution in [-0.4, -0.2) is 55.7 Å². The van der Waals surface area contributed by atoms with Crippen molar-refractivity contribution in [1.29, 1.82) is 0 Å². The summed E-state index contributed by atoms with van der Waals surface area (Å²) < 4.78 is 43.1. The summed E-state index contributed by atoms with van der Waals surface area (Å²) in [5.74, 6) is -0.408. The van der Waals surface area contributed by atoms with Gasteiger partial charge in [0.25, 0.3) is 11.8 Å². The van der Waals surface area contributed by atoms with E-state index in [-0.39, 0.29) is 47.0 Å². The number of hydrogen-bond acceptors (Lipinski definition) is 5. The van der Waals surface area contributed by atoms with Crippen molar-refractivity contribution in [2.24, 2.45) is 18.7 Å². The molecular formula is C25H30Cl2F3N7O2. The SMILES string of the molecule is CCn1cc(-c2cnc(C(=O)Nc3ccc(C(=O)N4CCC(CCN)CC4)c(Cl)c3)n2C)c(C(F)(F)F)n1.Cl. The van der Waals surface area contributed by atoms with Crippen molar-refractivity contribution in [3.63, 3.8) is 0 Å². The molecule has 39 heavy (non-hydrogen) atoms. The van der Waals surface area contributed by atoms with Crippen LogP contribution in [0.1, 0.15) is 52.9 Å². The number of anilines is 1. The number of halogens is 5. The summed E-state index contributed by atoms with van der Waals surface area (Å²) in [4.78, 5) is 31.7. The smallest absolute Gasteiger partial charge is 0.339 e. The molecule has 3 aromatic rings. The number of alkyl halides is 3. The first kappa shape index (κ1) is 30.5. The topological polar surface area (TPSA) is 111 Å². The average Bonchev–Trinajstić information content (AvgIpc) is 3.48. The molecule has 0 aliphatic carbocycles. The minimum Gasteiger partial charge on any atom is -0.339 e. The second-order valence-electron chi connectivity index (χ2n) is 9.23. The maximum absolute atomic E-state index is 13.5. The highest BCUT2D eigenvalue weighted by Crippen LogP contribution is 2.36. The predicted octanol–water partition coefficient (Wildman–Crippen LogP) is 4.85. The Bertz CT molecular complexity index is 1330. The third-order valence-corrected chi connectivity index (χ3v) is 7.07. The van der Waals surface area contributed by atoms with E-state index in [0.717, 1.165) is 19.3 Å². The zero-order chi connectivity index (χ0) is 27.6. The highest BCUT2D eigenvalue weighted by molar-refractivity contribution is 6.34. The van der Waals surface area contributed by atoms with Crippen molar-refractivity contribution in [2.75, 3.05) is 25.0 Å². The summed E-state index contributed by atoms with van der Waals surface area (Å²) in [6, 6.07) is 4.56. The average molecular weight is 588 g/mol. The van der Waals surface area contributed by atoms with E-state index in [9.17, 15) is 22.8 Å². The number of likely N-dealkylation sites (tertiary alicyclic amines) is 1. The van der Waals surface area contributed by atoms with Crippen molar-refractivity contribution < 1.29 is 22.8 Å². The van der Waals surface area contributed by atoms with Crippen LogP contribution in [0.15, 0.2) is 30.6 Å². The number of aromatic nitrogens is 4. The lowest BCUT2D eigenvalue weighted by Gasteiger charge is -2.32. The molecule has 212 valence electrons. The van der Waals surface area contributed by atoms with Crippen LogP contribution in [0.5, 0.6) is 0 Å². The molecule has 0 unspecified atom stereocenters. The van der Waals surface area contributed by atoms with E-state index in [1.165, 1.54) is 34.8 Å². The number of nitrogens with one attached hydrogen (secondary N) is 1. The molecule has 2 amide bonds. The molecule has 0 spiro atoms. The van der Waals surface area contributed by atoms with Crippen LogP contribution in [0.2, 0.25) is 5.02 Å². The molecule has 9 nitrogen and oxygen atoms in total. The molecule has 0 atom stereocenters. The Labute approximate surface area is 234 Å². The lowest BCUT2D eigenvalue weighted by Crippen LogP contribution is -2.39. The van der Waals surface area contributed by atoms with Gasteiger partial charge in [0, 0.05) is 38.6 Å². The van der Waals surface area contributed by atoms with Gasteiger partial charge >= 0.3 is 6.18 Å². The van der Waals surface area contributed by atoms with Gasteiger partial charge in [0.1, 0.15) is 0 Å². The molecule has 14 heteroatoms. The zero-order valence-electron chi connectivity index (χ0n) is 21.5. The van der Waals surface area contributed by atoms with E-state index in [0.29, 0.717) is 36.8 Å². The summed E-state index contributed by atoms with van der Waals surface area (Å²) in [7, 11) is 1.45. The van der Waals surface area contributed by atoms with E-state index in [1.807, 2.05) is 0 Å². The maximum atomic E-state index is 13.5. The summed E-state index contributed by atoms with van der Waals surface area (Å²) in [5, 5.41) is 6.44. The Morgan fingerprint density at radius 2 is 1.92 bits per heavy atom. The Hall–Kier alpha value is -3.09. The highest BCUT2D eigenvalue weighted by atomic mass is 35.5. The number of aryl methyl sites for hydroxylation is 1. The molecule has 0 radical (unpaired) electrons. The van der Waals surface area contributed by atoms with Gasteiger partial charge in [0.15, 0.2) is 11.5 Å². The molecule has 2 aromatic heterocycles. The zero-order valence-corrected chi connectivity index (χ0v) is 23.0. The number of nitrogens with two attached hydrogens (primary N) is 1. The minimum absolute atomic E-state index is 0. The molecule has 1 aliphatic rings. The van der Waals surface area contributed by atoms with Crippen molar-refractivity contribution >= 4 is 41.5 Å². The first-order valence-electron chi connectivity index (χ1n) is 12.3. The molecule has 1 aromatic carbocycles. The van der Waals surface area contributed by atoms with E-state index >= 15 is 0 Å². The summed E-state index contributed by atoms with van der Waals surface area (Å²) in [5.41, 5.74) is 5.15. The van der Waals surface area contributed by atoms with Crippen LogP contribution >= 0.6 is 24.0 Å². The number of nitrogens with zero attached hydrogens (tertiary/aromatic N) is 5. The number of amides is 2. The predicted molar refractivity (Wildman–Crippen MR) is 144 cm³/mol. The Morgan fingerprint density at radius 3 is 2.51 bits per heavy atom. The highest BCUT2D eigenvalue weighted by Gasteiger charge is 2.38. The van der Waals surface area contributed by atoms with Gasteiger partial charge in [-0.15, -0.1) is 12.4 Å². The van der Waals surface area contributed by atoms with Gasteiger partial charge in [-0.1, -0.05) is 11.6 Å². The number of hydrogen-bond donors (Lipinski definition) is 2.